The van der Waals surface area contributed by atoms with Crippen molar-refractivity contribution in [2.24, 2.45) is 0 Å². The van der Waals surface area contributed by atoms with Crippen LogP contribution in [-0.4, -0.2) is 22.3 Å². The van der Waals surface area contributed by atoms with Gasteiger partial charge in [0.05, 0.1) is 5.02 Å². The maximum absolute atomic E-state index is 12.5. The summed E-state index contributed by atoms with van der Waals surface area (Å²) in [6.45, 7) is 0.830. The number of carbonyl (C=O) groups is 1. The van der Waals surface area contributed by atoms with E-state index < -0.39 is 24.4 Å². The summed E-state index contributed by atoms with van der Waals surface area (Å²) in [7, 11) is 0. The highest BCUT2D eigenvalue weighted by Gasteiger charge is 2.35. The van der Waals surface area contributed by atoms with Crippen LogP contribution in [0.5, 0.6) is 5.75 Å². The lowest BCUT2D eigenvalue weighted by Crippen LogP contribution is -2.22. The third-order valence-corrected chi connectivity index (χ3v) is 3.19. The number of hydrogen-bond donors (Lipinski definition) is 0. The highest BCUT2D eigenvalue weighted by atomic mass is 35.5. The second-order valence-electron chi connectivity index (χ2n) is 4.34. The highest BCUT2D eigenvalue weighted by molar-refractivity contribution is 6.35. The third-order valence-electron chi connectivity index (χ3n) is 2.66. The summed E-state index contributed by atoms with van der Waals surface area (Å²) in [5.41, 5.74) is -1.08. The van der Waals surface area contributed by atoms with Gasteiger partial charge >= 0.3 is 6.18 Å². The zero-order valence-electron chi connectivity index (χ0n) is 11.1. The predicted octanol–water partition coefficient (Wildman–Crippen LogP) is 4.24. The van der Waals surface area contributed by atoms with Crippen LogP contribution in [0.4, 0.5) is 13.2 Å². The summed E-state index contributed by atoms with van der Waals surface area (Å²) in [6.07, 6.45) is -4.61. The normalized spacial score (nSPS) is 11.5. The maximum Gasteiger partial charge on any atom is 0.435 e. The van der Waals surface area contributed by atoms with Crippen LogP contribution in [0, 0.1) is 6.92 Å². The van der Waals surface area contributed by atoms with Crippen molar-refractivity contribution < 1.29 is 22.7 Å². The number of carbonyl (C=O) groups excluding carboxylic acids is 1. The first-order valence-electron chi connectivity index (χ1n) is 5.93. The van der Waals surface area contributed by atoms with Crippen LogP contribution in [0.25, 0.3) is 0 Å². The van der Waals surface area contributed by atoms with E-state index in [4.69, 9.17) is 27.9 Å². The molecule has 2 rings (SSSR count). The molecule has 0 fully saturated rings. The summed E-state index contributed by atoms with van der Waals surface area (Å²) in [4.78, 5) is 11.9. The van der Waals surface area contributed by atoms with Crippen LogP contribution in [-0.2, 0) is 6.18 Å². The molecule has 2 aromatic rings. The van der Waals surface area contributed by atoms with Crippen molar-refractivity contribution in [1.82, 2.24) is 9.78 Å². The average molecular weight is 353 g/mol. The molecule has 0 aliphatic heterocycles. The van der Waals surface area contributed by atoms with Gasteiger partial charge in [-0.05, 0) is 31.2 Å². The molecule has 0 saturated carbocycles. The smallest absolute Gasteiger partial charge is 0.435 e. The van der Waals surface area contributed by atoms with Gasteiger partial charge in [-0.1, -0.05) is 23.2 Å². The fraction of sp³-hybridized carbons (Fsp3) is 0.231. The third kappa shape index (κ3) is 3.72. The number of nitrogens with zero attached hydrogens (tertiary/aromatic N) is 2. The highest BCUT2D eigenvalue weighted by Crippen LogP contribution is 2.29. The van der Waals surface area contributed by atoms with E-state index in [9.17, 15) is 18.0 Å². The summed E-state index contributed by atoms with van der Waals surface area (Å²) < 4.78 is 43.4. The first-order chi connectivity index (χ1) is 10.2. The van der Waals surface area contributed by atoms with Crippen molar-refractivity contribution in [1.29, 1.82) is 0 Å². The van der Waals surface area contributed by atoms with Crippen LogP contribution in [0.2, 0.25) is 10.0 Å². The molecule has 4 nitrogen and oxygen atoms in total. The summed E-state index contributed by atoms with van der Waals surface area (Å²) in [5, 5.41) is 3.82. The fourth-order valence-corrected chi connectivity index (χ4v) is 2.12. The van der Waals surface area contributed by atoms with Gasteiger partial charge in [0.15, 0.2) is 12.3 Å². The average Bonchev–Trinajstić information content (AvgIpc) is 2.79. The van der Waals surface area contributed by atoms with E-state index in [2.05, 4.69) is 5.10 Å². The van der Waals surface area contributed by atoms with Crippen LogP contribution < -0.4 is 4.74 Å². The maximum atomic E-state index is 12.5. The van der Waals surface area contributed by atoms with Gasteiger partial charge in [0.25, 0.3) is 5.91 Å². The minimum atomic E-state index is -4.61. The van der Waals surface area contributed by atoms with Gasteiger partial charge in [-0.2, -0.15) is 18.3 Å². The van der Waals surface area contributed by atoms with Gasteiger partial charge in [0.1, 0.15) is 5.75 Å². The molecule has 0 aliphatic rings. The lowest BCUT2D eigenvalue weighted by atomic mass is 10.3. The van der Waals surface area contributed by atoms with Crippen LogP contribution in [0.1, 0.15) is 16.2 Å². The monoisotopic (exact) mass is 352 g/mol. The van der Waals surface area contributed by atoms with Gasteiger partial charge in [-0.3, -0.25) is 4.79 Å². The number of ether oxygens (including phenoxy) is 1. The van der Waals surface area contributed by atoms with Crippen molar-refractivity contribution in [3.8, 4) is 5.75 Å². The quantitative estimate of drug-likeness (QED) is 0.829. The van der Waals surface area contributed by atoms with Crippen LogP contribution in [0.3, 0.4) is 0 Å². The number of alkyl halides is 3. The largest absolute Gasteiger partial charge is 0.482 e. The molecule has 1 aromatic heterocycles. The number of halogens is 5. The van der Waals surface area contributed by atoms with E-state index >= 15 is 0 Å². The first kappa shape index (κ1) is 16.6. The van der Waals surface area contributed by atoms with Crippen LogP contribution in [0.15, 0.2) is 24.3 Å². The van der Waals surface area contributed by atoms with Gasteiger partial charge < -0.3 is 4.74 Å². The SMILES string of the molecule is Cc1cc(C(F)(F)F)nn1C(=O)COc1ccc(Cl)cc1Cl. The second kappa shape index (κ2) is 6.18. The molecule has 0 aliphatic carbocycles. The van der Waals surface area contributed by atoms with Crippen molar-refractivity contribution in [3.63, 3.8) is 0 Å². The summed E-state index contributed by atoms with van der Waals surface area (Å²) in [5.74, 6) is -0.556. The minimum absolute atomic E-state index is 0.0585. The molecule has 22 heavy (non-hydrogen) atoms. The molecule has 0 saturated heterocycles. The van der Waals surface area contributed by atoms with E-state index in [-0.39, 0.29) is 16.5 Å². The molecule has 0 unspecified atom stereocenters. The molecule has 0 atom stereocenters. The zero-order chi connectivity index (χ0) is 16.5. The molecule has 0 radical (unpaired) electrons. The Morgan fingerprint density at radius 2 is 2.00 bits per heavy atom. The van der Waals surface area contributed by atoms with E-state index in [1.165, 1.54) is 25.1 Å². The lowest BCUT2D eigenvalue weighted by molar-refractivity contribution is -0.141. The Labute approximate surface area is 133 Å². The van der Waals surface area contributed by atoms with E-state index in [1.54, 1.807) is 0 Å². The number of rotatable bonds is 3. The number of aryl methyl sites for hydroxylation is 1. The second-order valence-corrected chi connectivity index (χ2v) is 5.18. The van der Waals surface area contributed by atoms with Crippen molar-refractivity contribution in [3.05, 3.63) is 45.7 Å². The van der Waals surface area contributed by atoms with Crippen molar-refractivity contribution in [2.45, 2.75) is 13.1 Å². The zero-order valence-corrected chi connectivity index (χ0v) is 12.6. The van der Waals surface area contributed by atoms with E-state index in [0.717, 1.165) is 6.07 Å². The molecular formula is C13H9Cl2F3N2O2. The van der Waals surface area contributed by atoms with Gasteiger partial charge in [0, 0.05) is 10.7 Å². The molecular weight excluding hydrogens is 344 g/mol. The Morgan fingerprint density at radius 3 is 2.55 bits per heavy atom. The Morgan fingerprint density at radius 1 is 1.32 bits per heavy atom. The van der Waals surface area contributed by atoms with Gasteiger partial charge in [-0.15, -0.1) is 0 Å². The summed E-state index contributed by atoms with van der Waals surface area (Å²) >= 11 is 11.6. The molecule has 1 heterocycles. The summed E-state index contributed by atoms with van der Waals surface area (Å²) in [6, 6.07) is 5.17. The number of benzene rings is 1. The Kier molecular flexibility index (Phi) is 4.67. The molecule has 0 spiro atoms. The standard InChI is InChI=1S/C13H9Cl2F3N2O2/c1-7-4-11(13(16,17)18)19-20(7)12(21)6-22-10-3-2-8(14)5-9(10)15/h2-5H,6H2,1H3. The van der Waals surface area contributed by atoms with Gasteiger partial charge in [0.2, 0.25) is 0 Å². The number of aromatic nitrogens is 2. The lowest BCUT2D eigenvalue weighted by Gasteiger charge is -2.08. The predicted molar refractivity (Wildman–Crippen MR) is 74.5 cm³/mol. The Hall–Kier alpha value is -1.73. The van der Waals surface area contributed by atoms with Crippen molar-refractivity contribution in [2.75, 3.05) is 6.61 Å². The van der Waals surface area contributed by atoms with Gasteiger partial charge in [-0.25, -0.2) is 4.68 Å². The first-order valence-corrected chi connectivity index (χ1v) is 6.69. The topological polar surface area (TPSA) is 44.1 Å². The molecule has 0 N–H and O–H groups in total. The molecule has 9 heteroatoms. The number of hydrogen-bond acceptors (Lipinski definition) is 3. The molecule has 0 amide bonds. The minimum Gasteiger partial charge on any atom is -0.482 e. The molecule has 1 aromatic carbocycles. The Balaban J connectivity index is 2.11. The molecule has 118 valence electrons. The van der Waals surface area contributed by atoms with Crippen molar-refractivity contribution >= 4 is 29.1 Å². The van der Waals surface area contributed by atoms with E-state index in [1.807, 2.05) is 0 Å². The molecule has 0 bridgehead atoms. The Bertz CT molecular complexity index is 714. The van der Waals surface area contributed by atoms with Crippen LogP contribution >= 0.6 is 23.2 Å². The fourth-order valence-electron chi connectivity index (χ4n) is 1.66. The van der Waals surface area contributed by atoms with E-state index in [0.29, 0.717) is 9.70 Å².